The van der Waals surface area contributed by atoms with Crippen molar-refractivity contribution in [3.63, 3.8) is 0 Å². The molecule has 1 aromatic carbocycles. The fourth-order valence-corrected chi connectivity index (χ4v) is 7.12. The second-order valence-corrected chi connectivity index (χ2v) is 11.6. The van der Waals surface area contributed by atoms with Crippen LogP contribution in [0.5, 0.6) is 0 Å². The van der Waals surface area contributed by atoms with Gasteiger partial charge in [-0.05, 0) is 36.5 Å². The SMILES string of the molecule is COCCN1C(=O)[C@H]2C(C(=O)Nc3cc(Cl)cc(Cl)c3)[C@H]3C=CC2(O3)C1C(=O)NC1CCCC(C)C1C. The number of hydrogen-bond donors (Lipinski definition) is 2. The molecule has 3 heterocycles. The topological polar surface area (TPSA) is 97.0 Å². The second kappa shape index (κ2) is 10.2. The van der Waals surface area contributed by atoms with Crippen LogP contribution in [0.2, 0.25) is 10.0 Å². The average Bonchev–Trinajstić information content (AvgIpc) is 3.47. The van der Waals surface area contributed by atoms with Gasteiger partial charge >= 0.3 is 0 Å². The third-order valence-corrected chi connectivity index (χ3v) is 9.06. The number of methoxy groups -OCH3 is 1. The minimum Gasteiger partial charge on any atom is -0.383 e. The first-order valence-electron chi connectivity index (χ1n) is 12.9. The molecular weight excluding hydrogens is 517 g/mol. The Morgan fingerprint density at radius 1 is 1.16 bits per heavy atom. The first-order chi connectivity index (χ1) is 17.7. The molecule has 8 atom stereocenters. The van der Waals surface area contributed by atoms with Crippen molar-refractivity contribution < 1.29 is 23.9 Å². The summed E-state index contributed by atoms with van der Waals surface area (Å²) in [6, 6.07) is 3.90. The minimum atomic E-state index is -1.21. The van der Waals surface area contributed by atoms with Crippen molar-refractivity contribution >= 4 is 46.6 Å². The third kappa shape index (κ3) is 4.56. The number of carbonyl (C=O) groups is 3. The molecule has 3 aliphatic heterocycles. The summed E-state index contributed by atoms with van der Waals surface area (Å²) in [7, 11) is 1.55. The van der Waals surface area contributed by atoms with Crippen molar-refractivity contribution in [1.29, 1.82) is 0 Å². The Morgan fingerprint density at radius 3 is 2.59 bits per heavy atom. The van der Waals surface area contributed by atoms with Gasteiger partial charge in [0.25, 0.3) is 0 Å². The van der Waals surface area contributed by atoms with Crippen LogP contribution in [0, 0.1) is 23.7 Å². The third-order valence-electron chi connectivity index (χ3n) is 8.63. The summed E-state index contributed by atoms with van der Waals surface area (Å²) in [6.45, 7) is 4.86. The highest BCUT2D eigenvalue weighted by Gasteiger charge is 2.72. The standard InChI is InChI=1S/C27H33Cl2N3O5/c1-14-5-4-6-19(15(14)2)31-25(34)23-27-8-7-20(37-27)21(22(27)26(35)32(23)9-10-36-3)24(33)30-18-12-16(28)11-17(29)13-18/h7-8,11-15,19-23H,4-6,9-10H2,1-3H3,(H,30,33)(H,31,34)/t14?,15?,19?,20-,21?,22-,23?,27?/m1/s1. The van der Waals surface area contributed by atoms with E-state index in [-0.39, 0.29) is 36.9 Å². The maximum absolute atomic E-state index is 13.9. The van der Waals surface area contributed by atoms with Gasteiger partial charge < -0.3 is 25.0 Å². The fourth-order valence-electron chi connectivity index (χ4n) is 6.60. The number of nitrogens with zero attached hydrogens (tertiary/aromatic N) is 1. The lowest BCUT2D eigenvalue weighted by Crippen LogP contribution is -2.58. The number of amides is 3. The van der Waals surface area contributed by atoms with Gasteiger partial charge in [-0.1, -0.05) is 62.0 Å². The summed E-state index contributed by atoms with van der Waals surface area (Å²) >= 11 is 12.2. The zero-order chi connectivity index (χ0) is 26.5. The van der Waals surface area contributed by atoms with E-state index in [9.17, 15) is 14.4 Å². The summed E-state index contributed by atoms with van der Waals surface area (Å²) in [5.41, 5.74) is -0.781. The van der Waals surface area contributed by atoms with Crippen LogP contribution in [0.1, 0.15) is 33.1 Å². The molecular formula is C27H33Cl2N3O5. The Kier molecular flexibility index (Phi) is 7.31. The van der Waals surface area contributed by atoms with Crippen LogP contribution in [0.25, 0.3) is 0 Å². The van der Waals surface area contributed by atoms with Gasteiger partial charge in [-0.3, -0.25) is 14.4 Å². The molecule has 10 heteroatoms. The lowest BCUT2D eigenvalue weighted by atomic mass is 9.73. The molecule has 2 N–H and O–H groups in total. The number of rotatable bonds is 7. The van der Waals surface area contributed by atoms with Gasteiger partial charge in [0.2, 0.25) is 17.7 Å². The Bertz CT molecular complexity index is 1110. The highest BCUT2D eigenvalue weighted by Crippen LogP contribution is 2.55. The number of carbonyl (C=O) groups excluding carboxylic acids is 3. The first kappa shape index (κ1) is 26.5. The lowest BCUT2D eigenvalue weighted by molar-refractivity contribution is -0.142. The van der Waals surface area contributed by atoms with Crippen LogP contribution in [0.4, 0.5) is 5.69 Å². The molecule has 8 nitrogen and oxygen atoms in total. The van der Waals surface area contributed by atoms with E-state index in [2.05, 4.69) is 24.5 Å². The highest BCUT2D eigenvalue weighted by molar-refractivity contribution is 6.35. The van der Waals surface area contributed by atoms with Crippen LogP contribution < -0.4 is 10.6 Å². The van der Waals surface area contributed by atoms with Crippen LogP contribution in [-0.2, 0) is 23.9 Å². The molecule has 0 aromatic heterocycles. The molecule has 4 aliphatic rings. The highest BCUT2D eigenvalue weighted by atomic mass is 35.5. The molecule has 200 valence electrons. The van der Waals surface area contributed by atoms with Crippen molar-refractivity contribution in [2.75, 3.05) is 25.6 Å². The maximum atomic E-state index is 13.9. The van der Waals surface area contributed by atoms with Gasteiger partial charge in [0.05, 0.1) is 24.5 Å². The molecule has 0 radical (unpaired) electrons. The second-order valence-electron chi connectivity index (χ2n) is 10.8. The smallest absolute Gasteiger partial charge is 0.246 e. The first-order valence-corrected chi connectivity index (χ1v) is 13.7. The number of ether oxygens (including phenoxy) is 2. The predicted molar refractivity (Wildman–Crippen MR) is 140 cm³/mol. The van der Waals surface area contributed by atoms with E-state index in [4.69, 9.17) is 32.7 Å². The molecule has 37 heavy (non-hydrogen) atoms. The lowest BCUT2D eigenvalue weighted by Gasteiger charge is -2.38. The Labute approximate surface area is 227 Å². The minimum absolute atomic E-state index is 0.0281. The molecule has 6 unspecified atom stereocenters. The van der Waals surface area contributed by atoms with E-state index in [1.807, 2.05) is 6.08 Å². The molecule has 1 aliphatic carbocycles. The Balaban J connectivity index is 1.43. The van der Waals surface area contributed by atoms with Crippen molar-refractivity contribution in [3.8, 4) is 0 Å². The number of likely N-dealkylation sites (tertiary alicyclic amines) is 1. The zero-order valence-corrected chi connectivity index (χ0v) is 22.7. The molecule has 3 fully saturated rings. The molecule has 1 spiro atoms. The Hall–Kier alpha value is -2.13. The fraction of sp³-hybridized carbons (Fsp3) is 0.593. The largest absolute Gasteiger partial charge is 0.383 e. The number of hydrogen-bond acceptors (Lipinski definition) is 5. The average molecular weight is 550 g/mol. The van der Waals surface area contributed by atoms with Crippen LogP contribution in [0.15, 0.2) is 30.4 Å². The molecule has 1 aromatic rings. The van der Waals surface area contributed by atoms with Gasteiger partial charge in [-0.2, -0.15) is 0 Å². The summed E-state index contributed by atoms with van der Waals surface area (Å²) in [5, 5.41) is 6.84. The molecule has 3 amide bonds. The maximum Gasteiger partial charge on any atom is 0.246 e. The summed E-state index contributed by atoms with van der Waals surface area (Å²) in [5.74, 6) is -1.69. The monoisotopic (exact) mass is 549 g/mol. The molecule has 1 saturated carbocycles. The number of halogens is 2. The van der Waals surface area contributed by atoms with E-state index in [1.165, 1.54) is 4.90 Å². The van der Waals surface area contributed by atoms with E-state index in [0.717, 1.165) is 19.3 Å². The Morgan fingerprint density at radius 2 is 1.89 bits per heavy atom. The van der Waals surface area contributed by atoms with Gasteiger partial charge in [0.15, 0.2) is 0 Å². The number of benzene rings is 1. The van der Waals surface area contributed by atoms with Gasteiger partial charge in [-0.15, -0.1) is 0 Å². The van der Waals surface area contributed by atoms with Crippen molar-refractivity contribution in [2.45, 2.75) is 56.9 Å². The number of fused-ring (bicyclic) bond motifs is 1. The van der Waals surface area contributed by atoms with Gasteiger partial charge in [0, 0.05) is 35.4 Å². The summed E-state index contributed by atoms with van der Waals surface area (Å²) in [6.07, 6.45) is 6.09. The van der Waals surface area contributed by atoms with E-state index >= 15 is 0 Å². The van der Waals surface area contributed by atoms with Crippen LogP contribution in [0.3, 0.4) is 0 Å². The van der Waals surface area contributed by atoms with Crippen molar-refractivity contribution in [3.05, 3.63) is 40.4 Å². The van der Waals surface area contributed by atoms with E-state index in [0.29, 0.717) is 27.6 Å². The van der Waals surface area contributed by atoms with Gasteiger partial charge in [0.1, 0.15) is 11.6 Å². The molecule has 5 rings (SSSR count). The van der Waals surface area contributed by atoms with E-state index in [1.54, 1.807) is 31.4 Å². The van der Waals surface area contributed by atoms with Crippen molar-refractivity contribution in [2.24, 2.45) is 23.7 Å². The van der Waals surface area contributed by atoms with Gasteiger partial charge in [-0.25, -0.2) is 0 Å². The quantitative estimate of drug-likeness (QED) is 0.506. The van der Waals surface area contributed by atoms with E-state index < -0.39 is 29.6 Å². The number of nitrogens with one attached hydrogen (secondary N) is 2. The van der Waals surface area contributed by atoms with Crippen LogP contribution in [-0.4, -0.2) is 66.7 Å². The molecule has 2 bridgehead atoms. The van der Waals surface area contributed by atoms with Crippen molar-refractivity contribution in [1.82, 2.24) is 10.2 Å². The molecule has 2 saturated heterocycles. The normalized spacial score (nSPS) is 36.1. The predicted octanol–water partition coefficient (Wildman–Crippen LogP) is 3.67. The summed E-state index contributed by atoms with van der Waals surface area (Å²) in [4.78, 5) is 42.7. The summed E-state index contributed by atoms with van der Waals surface area (Å²) < 4.78 is 11.6. The number of anilines is 1. The van der Waals surface area contributed by atoms with Crippen LogP contribution >= 0.6 is 23.2 Å². The zero-order valence-electron chi connectivity index (χ0n) is 21.2.